The predicted octanol–water partition coefficient (Wildman–Crippen LogP) is 5.79. The van der Waals surface area contributed by atoms with Gasteiger partial charge in [0.05, 0.1) is 24.1 Å². The van der Waals surface area contributed by atoms with Crippen molar-refractivity contribution in [3.05, 3.63) is 72.3 Å². The fourth-order valence-corrected chi connectivity index (χ4v) is 2.84. The van der Waals surface area contributed by atoms with Crippen LogP contribution in [0, 0.1) is 0 Å². The van der Waals surface area contributed by atoms with Gasteiger partial charge >= 0.3 is 6.18 Å². The fraction of sp³-hybridized carbons (Fsp3) is 0.286. The first-order valence-electron chi connectivity index (χ1n) is 8.75. The minimum absolute atomic E-state index is 0.375. The molecule has 142 valence electrons. The highest BCUT2D eigenvalue weighted by Gasteiger charge is 2.29. The molecule has 27 heavy (non-hydrogen) atoms. The summed E-state index contributed by atoms with van der Waals surface area (Å²) in [7, 11) is 1.99. The summed E-state index contributed by atoms with van der Waals surface area (Å²) in [6.07, 6.45) is -0.438. The number of benzene rings is 2. The standard InChI is InChI=1S/C21H22F3N3/c1-15(2)27-13-19(25-14-27)12-26(3)20-10-6-17(7-11-20)16-4-8-18(9-5-16)21(22,23)24/h4-11,13-15H,12H2,1-3H3. The van der Waals surface area contributed by atoms with Gasteiger partial charge in [0, 0.05) is 25.0 Å². The lowest BCUT2D eigenvalue weighted by Crippen LogP contribution is -2.16. The van der Waals surface area contributed by atoms with Crippen LogP contribution in [0.25, 0.3) is 11.1 Å². The van der Waals surface area contributed by atoms with E-state index in [9.17, 15) is 13.2 Å². The van der Waals surface area contributed by atoms with E-state index in [0.29, 0.717) is 12.6 Å². The third-order valence-electron chi connectivity index (χ3n) is 4.50. The highest BCUT2D eigenvalue weighted by molar-refractivity contribution is 5.66. The summed E-state index contributed by atoms with van der Waals surface area (Å²) in [4.78, 5) is 6.51. The lowest BCUT2D eigenvalue weighted by molar-refractivity contribution is -0.137. The first-order chi connectivity index (χ1) is 12.7. The van der Waals surface area contributed by atoms with Crippen LogP contribution in [0.2, 0.25) is 0 Å². The Hall–Kier alpha value is -2.76. The van der Waals surface area contributed by atoms with Crippen LogP contribution < -0.4 is 4.90 Å². The molecule has 1 heterocycles. The van der Waals surface area contributed by atoms with E-state index in [0.717, 1.165) is 34.6 Å². The van der Waals surface area contributed by atoms with Crippen LogP contribution in [0.15, 0.2) is 61.1 Å². The molecule has 0 aliphatic carbocycles. The molecular weight excluding hydrogens is 351 g/mol. The maximum Gasteiger partial charge on any atom is 0.416 e. The van der Waals surface area contributed by atoms with Crippen molar-refractivity contribution >= 4 is 5.69 Å². The predicted molar refractivity (Wildman–Crippen MR) is 102 cm³/mol. The number of alkyl halides is 3. The second-order valence-corrected chi connectivity index (χ2v) is 6.88. The molecule has 0 fully saturated rings. The number of anilines is 1. The van der Waals surface area contributed by atoms with Gasteiger partial charge in [0.2, 0.25) is 0 Å². The minimum atomic E-state index is -4.31. The Morgan fingerprint density at radius 3 is 2.00 bits per heavy atom. The molecular formula is C21H22F3N3. The Morgan fingerprint density at radius 2 is 1.52 bits per heavy atom. The van der Waals surface area contributed by atoms with Gasteiger partial charge in [-0.05, 0) is 49.2 Å². The van der Waals surface area contributed by atoms with Crippen molar-refractivity contribution in [2.45, 2.75) is 32.6 Å². The highest BCUT2D eigenvalue weighted by atomic mass is 19.4. The van der Waals surface area contributed by atoms with Gasteiger partial charge in [0.15, 0.2) is 0 Å². The molecule has 1 aromatic heterocycles. The summed E-state index contributed by atoms with van der Waals surface area (Å²) in [6, 6.07) is 13.4. The number of rotatable bonds is 5. The third-order valence-corrected chi connectivity index (χ3v) is 4.50. The fourth-order valence-electron chi connectivity index (χ4n) is 2.84. The molecule has 0 unspecified atom stereocenters. The molecule has 0 atom stereocenters. The summed E-state index contributed by atoms with van der Waals surface area (Å²) in [6.45, 7) is 4.89. The molecule has 0 spiro atoms. The van der Waals surface area contributed by atoms with E-state index in [2.05, 4.69) is 28.3 Å². The number of hydrogen-bond acceptors (Lipinski definition) is 2. The average molecular weight is 373 g/mol. The Morgan fingerprint density at radius 1 is 0.963 bits per heavy atom. The van der Waals surface area contributed by atoms with Crippen LogP contribution in [-0.4, -0.2) is 16.6 Å². The van der Waals surface area contributed by atoms with E-state index in [4.69, 9.17) is 0 Å². The topological polar surface area (TPSA) is 21.1 Å². The van der Waals surface area contributed by atoms with Gasteiger partial charge < -0.3 is 9.47 Å². The van der Waals surface area contributed by atoms with Crippen LogP contribution in [0.3, 0.4) is 0 Å². The van der Waals surface area contributed by atoms with Gasteiger partial charge in [-0.1, -0.05) is 24.3 Å². The molecule has 0 aliphatic rings. The monoisotopic (exact) mass is 373 g/mol. The molecule has 0 radical (unpaired) electrons. The maximum absolute atomic E-state index is 12.7. The van der Waals surface area contributed by atoms with Crippen molar-refractivity contribution in [3.8, 4) is 11.1 Å². The van der Waals surface area contributed by atoms with Crippen molar-refractivity contribution in [1.82, 2.24) is 9.55 Å². The number of nitrogens with zero attached hydrogens (tertiary/aromatic N) is 3. The van der Waals surface area contributed by atoms with Gasteiger partial charge in [-0.15, -0.1) is 0 Å². The largest absolute Gasteiger partial charge is 0.416 e. The molecule has 0 aliphatic heterocycles. The summed E-state index contributed by atoms with van der Waals surface area (Å²) in [5.74, 6) is 0. The number of hydrogen-bond donors (Lipinski definition) is 0. The summed E-state index contributed by atoms with van der Waals surface area (Å²) >= 11 is 0. The molecule has 0 N–H and O–H groups in total. The first-order valence-corrected chi connectivity index (χ1v) is 8.75. The van der Waals surface area contributed by atoms with Crippen molar-refractivity contribution < 1.29 is 13.2 Å². The average Bonchev–Trinajstić information content (AvgIpc) is 3.10. The first kappa shape index (κ1) is 19.0. The highest BCUT2D eigenvalue weighted by Crippen LogP contribution is 2.31. The molecule has 0 saturated carbocycles. The minimum Gasteiger partial charge on any atom is -0.369 e. The molecule has 3 rings (SSSR count). The summed E-state index contributed by atoms with van der Waals surface area (Å²) < 4.78 is 40.1. The van der Waals surface area contributed by atoms with E-state index < -0.39 is 11.7 Å². The van der Waals surface area contributed by atoms with Crippen LogP contribution in [0.1, 0.15) is 31.1 Å². The summed E-state index contributed by atoms with van der Waals surface area (Å²) in [5, 5.41) is 0. The smallest absolute Gasteiger partial charge is 0.369 e. The third kappa shape index (κ3) is 4.51. The maximum atomic E-state index is 12.7. The van der Waals surface area contributed by atoms with Crippen molar-refractivity contribution in [2.75, 3.05) is 11.9 Å². The van der Waals surface area contributed by atoms with Crippen molar-refractivity contribution in [3.63, 3.8) is 0 Å². The van der Waals surface area contributed by atoms with Gasteiger partial charge in [0.1, 0.15) is 0 Å². The van der Waals surface area contributed by atoms with Crippen LogP contribution in [-0.2, 0) is 12.7 Å². The number of imidazole rings is 1. The quantitative estimate of drug-likeness (QED) is 0.565. The Kier molecular flexibility index (Phi) is 5.26. The number of aromatic nitrogens is 2. The molecule has 6 heteroatoms. The molecule has 3 aromatic rings. The second kappa shape index (κ2) is 7.47. The van der Waals surface area contributed by atoms with Crippen LogP contribution >= 0.6 is 0 Å². The van der Waals surface area contributed by atoms with Gasteiger partial charge in [-0.2, -0.15) is 13.2 Å². The van der Waals surface area contributed by atoms with Gasteiger partial charge in [-0.25, -0.2) is 4.98 Å². The second-order valence-electron chi connectivity index (χ2n) is 6.88. The normalized spacial score (nSPS) is 11.8. The number of halogens is 3. The van der Waals surface area contributed by atoms with E-state index in [1.165, 1.54) is 12.1 Å². The SMILES string of the molecule is CC(C)n1cnc(CN(C)c2ccc(-c3ccc(C(F)(F)F)cc3)cc2)c1. The zero-order valence-corrected chi connectivity index (χ0v) is 15.5. The Balaban J connectivity index is 1.70. The zero-order valence-electron chi connectivity index (χ0n) is 15.5. The lowest BCUT2D eigenvalue weighted by atomic mass is 10.0. The van der Waals surface area contributed by atoms with E-state index >= 15 is 0 Å². The van der Waals surface area contributed by atoms with E-state index in [1.54, 1.807) is 0 Å². The molecule has 2 aromatic carbocycles. The van der Waals surface area contributed by atoms with Gasteiger partial charge in [-0.3, -0.25) is 0 Å². The molecule has 3 nitrogen and oxygen atoms in total. The Labute approximate surface area is 157 Å². The van der Waals surface area contributed by atoms with E-state index in [-0.39, 0.29) is 0 Å². The van der Waals surface area contributed by atoms with Crippen LogP contribution in [0.4, 0.5) is 18.9 Å². The van der Waals surface area contributed by atoms with Crippen molar-refractivity contribution in [1.29, 1.82) is 0 Å². The zero-order chi connectivity index (χ0) is 19.6. The van der Waals surface area contributed by atoms with E-state index in [1.807, 2.05) is 43.8 Å². The van der Waals surface area contributed by atoms with Crippen molar-refractivity contribution in [2.24, 2.45) is 0 Å². The molecule has 0 bridgehead atoms. The lowest BCUT2D eigenvalue weighted by Gasteiger charge is -2.18. The summed E-state index contributed by atoms with van der Waals surface area (Å²) in [5.41, 5.74) is 3.00. The molecule has 0 amide bonds. The Bertz CT molecular complexity index is 878. The molecule has 0 saturated heterocycles. The van der Waals surface area contributed by atoms with Crippen LogP contribution in [0.5, 0.6) is 0 Å². The van der Waals surface area contributed by atoms with Gasteiger partial charge in [0.25, 0.3) is 0 Å².